The Balaban J connectivity index is 2.32. The van der Waals surface area contributed by atoms with Crippen molar-refractivity contribution in [1.82, 2.24) is 5.32 Å². The normalized spacial score (nSPS) is 10.2. The molecular formula is C14H18ClNO3. The van der Waals surface area contributed by atoms with Crippen LogP contribution in [-0.4, -0.2) is 23.5 Å². The summed E-state index contributed by atoms with van der Waals surface area (Å²) >= 11 is 5.95. The van der Waals surface area contributed by atoms with Crippen LogP contribution < -0.4 is 5.32 Å². The van der Waals surface area contributed by atoms with Crippen LogP contribution in [-0.2, 0) is 4.79 Å². The van der Waals surface area contributed by atoms with E-state index < -0.39 is 5.97 Å². The summed E-state index contributed by atoms with van der Waals surface area (Å²) in [6, 6.07) is 5.23. The molecule has 2 N–H and O–H groups in total. The first-order chi connectivity index (χ1) is 9.02. The summed E-state index contributed by atoms with van der Waals surface area (Å²) in [6.07, 6.45) is 2.39. The quantitative estimate of drug-likeness (QED) is 0.756. The van der Waals surface area contributed by atoms with E-state index in [1.54, 1.807) is 18.2 Å². The average Bonchev–Trinajstić information content (AvgIpc) is 2.36. The van der Waals surface area contributed by atoms with Crippen LogP contribution in [0, 0.1) is 6.92 Å². The number of rotatable bonds is 7. The van der Waals surface area contributed by atoms with Gasteiger partial charge in [-0.25, -0.2) is 0 Å². The molecule has 0 aliphatic rings. The fourth-order valence-electron chi connectivity index (χ4n) is 1.73. The number of hydrogen-bond acceptors (Lipinski definition) is 2. The van der Waals surface area contributed by atoms with Gasteiger partial charge in [-0.15, -0.1) is 0 Å². The van der Waals surface area contributed by atoms with Crippen molar-refractivity contribution in [2.75, 3.05) is 6.54 Å². The lowest BCUT2D eigenvalue weighted by atomic mass is 10.1. The number of carboxylic acid groups (broad SMARTS) is 1. The van der Waals surface area contributed by atoms with Gasteiger partial charge in [0, 0.05) is 23.6 Å². The van der Waals surface area contributed by atoms with E-state index in [1.165, 1.54) is 0 Å². The first-order valence-corrected chi connectivity index (χ1v) is 6.65. The third kappa shape index (κ3) is 5.30. The Hall–Kier alpha value is -1.55. The number of hydrogen-bond donors (Lipinski definition) is 2. The van der Waals surface area contributed by atoms with E-state index >= 15 is 0 Å². The Morgan fingerprint density at radius 1 is 1.26 bits per heavy atom. The summed E-state index contributed by atoms with van der Waals surface area (Å²) < 4.78 is 0. The van der Waals surface area contributed by atoms with Gasteiger partial charge >= 0.3 is 5.97 Å². The highest BCUT2D eigenvalue weighted by atomic mass is 35.5. The van der Waals surface area contributed by atoms with Gasteiger partial charge in [-0.05, 0) is 37.5 Å². The zero-order valence-corrected chi connectivity index (χ0v) is 11.7. The van der Waals surface area contributed by atoms with Crippen LogP contribution in [0.5, 0.6) is 0 Å². The van der Waals surface area contributed by atoms with Gasteiger partial charge < -0.3 is 10.4 Å². The largest absolute Gasteiger partial charge is 0.481 e. The minimum absolute atomic E-state index is 0.141. The molecule has 0 atom stereocenters. The number of carboxylic acids is 1. The number of nitrogens with one attached hydrogen (secondary N) is 1. The molecule has 0 radical (unpaired) electrons. The third-order valence-corrected chi connectivity index (χ3v) is 3.27. The maximum atomic E-state index is 11.9. The molecule has 5 heteroatoms. The van der Waals surface area contributed by atoms with Crippen LogP contribution in [0.2, 0.25) is 5.02 Å². The van der Waals surface area contributed by atoms with Crippen LogP contribution in [0.15, 0.2) is 18.2 Å². The van der Waals surface area contributed by atoms with Crippen molar-refractivity contribution < 1.29 is 14.7 Å². The molecule has 104 valence electrons. The van der Waals surface area contributed by atoms with Gasteiger partial charge in [-0.3, -0.25) is 9.59 Å². The Bertz CT molecular complexity index is 460. The Kier molecular flexibility index (Phi) is 6.36. The minimum Gasteiger partial charge on any atom is -0.481 e. The molecule has 4 nitrogen and oxygen atoms in total. The highest BCUT2D eigenvalue weighted by Crippen LogP contribution is 2.18. The summed E-state index contributed by atoms with van der Waals surface area (Å²) in [4.78, 5) is 22.2. The van der Waals surface area contributed by atoms with Crippen molar-refractivity contribution in [3.05, 3.63) is 34.3 Å². The molecule has 0 saturated heterocycles. The van der Waals surface area contributed by atoms with E-state index in [-0.39, 0.29) is 12.3 Å². The maximum Gasteiger partial charge on any atom is 0.303 e. The fourth-order valence-corrected chi connectivity index (χ4v) is 1.90. The van der Waals surface area contributed by atoms with E-state index in [0.29, 0.717) is 23.6 Å². The zero-order chi connectivity index (χ0) is 14.3. The van der Waals surface area contributed by atoms with Gasteiger partial charge in [0.2, 0.25) is 0 Å². The van der Waals surface area contributed by atoms with Crippen LogP contribution in [0.25, 0.3) is 0 Å². The zero-order valence-electron chi connectivity index (χ0n) is 10.9. The number of halogens is 1. The highest BCUT2D eigenvalue weighted by Gasteiger charge is 2.09. The maximum absolute atomic E-state index is 11.9. The van der Waals surface area contributed by atoms with Gasteiger partial charge in [0.1, 0.15) is 0 Å². The molecule has 0 heterocycles. The van der Waals surface area contributed by atoms with Gasteiger partial charge in [-0.2, -0.15) is 0 Å². The van der Waals surface area contributed by atoms with Crippen LogP contribution in [0.1, 0.15) is 41.6 Å². The van der Waals surface area contributed by atoms with E-state index in [4.69, 9.17) is 16.7 Å². The molecule has 0 spiro atoms. The molecule has 0 aliphatic carbocycles. The lowest BCUT2D eigenvalue weighted by Gasteiger charge is -2.08. The van der Waals surface area contributed by atoms with Crippen molar-refractivity contribution in [3.63, 3.8) is 0 Å². The number of benzene rings is 1. The van der Waals surface area contributed by atoms with E-state index in [0.717, 1.165) is 18.4 Å². The number of carbonyl (C=O) groups excluding carboxylic acids is 1. The number of aliphatic carboxylic acids is 1. The molecule has 0 aromatic heterocycles. The minimum atomic E-state index is -0.779. The first kappa shape index (κ1) is 15.5. The van der Waals surface area contributed by atoms with Gasteiger partial charge in [0.25, 0.3) is 5.91 Å². The van der Waals surface area contributed by atoms with E-state index in [9.17, 15) is 9.59 Å². The highest BCUT2D eigenvalue weighted by molar-refractivity contribution is 6.31. The predicted octanol–water partition coefficient (Wildman–Crippen LogP) is 3.02. The van der Waals surface area contributed by atoms with Crippen LogP contribution in [0.3, 0.4) is 0 Å². The van der Waals surface area contributed by atoms with E-state index in [2.05, 4.69) is 5.32 Å². The van der Waals surface area contributed by atoms with Gasteiger partial charge in [0.05, 0.1) is 0 Å². The molecule has 0 saturated carbocycles. The van der Waals surface area contributed by atoms with Crippen molar-refractivity contribution >= 4 is 23.5 Å². The second kappa shape index (κ2) is 7.79. The van der Waals surface area contributed by atoms with Gasteiger partial charge in [0.15, 0.2) is 0 Å². The summed E-state index contributed by atoms with van der Waals surface area (Å²) in [7, 11) is 0. The molecule has 1 amide bonds. The topological polar surface area (TPSA) is 66.4 Å². The van der Waals surface area contributed by atoms with Crippen LogP contribution in [0.4, 0.5) is 0 Å². The second-order valence-corrected chi connectivity index (χ2v) is 4.78. The van der Waals surface area contributed by atoms with Crippen molar-refractivity contribution in [2.45, 2.75) is 32.6 Å². The predicted molar refractivity (Wildman–Crippen MR) is 74.6 cm³/mol. The Morgan fingerprint density at radius 3 is 2.68 bits per heavy atom. The lowest BCUT2D eigenvalue weighted by molar-refractivity contribution is -0.137. The molecule has 0 unspecified atom stereocenters. The molecule has 19 heavy (non-hydrogen) atoms. The summed E-state index contributed by atoms with van der Waals surface area (Å²) in [5.74, 6) is -0.920. The molecule has 0 bridgehead atoms. The van der Waals surface area contributed by atoms with E-state index in [1.807, 2.05) is 6.92 Å². The van der Waals surface area contributed by atoms with Crippen LogP contribution >= 0.6 is 11.6 Å². The molecule has 1 aromatic rings. The number of unbranched alkanes of at least 4 members (excludes halogenated alkanes) is 2. The summed E-state index contributed by atoms with van der Waals surface area (Å²) in [5, 5.41) is 11.9. The second-order valence-electron chi connectivity index (χ2n) is 4.37. The first-order valence-electron chi connectivity index (χ1n) is 6.27. The van der Waals surface area contributed by atoms with Crippen molar-refractivity contribution in [1.29, 1.82) is 0 Å². The number of amides is 1. The smallest absolute Gasteiger partial charge is 0.303 e. The molecule has 1 rings (SSSR count). The Labute approximate surface area is 117 Å². The molecule has 0 aliphatic heterocycles. The lowest BCUT2D eigenvalue weighted by Crippen LogP contribution is -2.25. The summed E-state index contributed by atoms with van der Waals surface area (Å²) in [6.45, 7) is 2.36. The Morgan fingerprint density at radius 2 is 2.00 bits per heavy atom. The van der Waals surface area contributed by atoms with Crippen molar-refractivity contribution in [3.8, 4) is 0 Å². The SMILES string of the molecule is Cc1c(Cl)cccc1C(=O)NCCCCCC(=O)O. The van der Waals surface area contributed by atoms with Gasteiger partial charge in [-0.1, -0.05) is 24.1 Å². The molecular weight excluding hydrogens is 266 g/mol. The number of carbonyl (C=O) groups is 2. The van der Waals surface area contributed by atoms with Crippen molar-refractivity contribution in [2.24, 2.45) is 0 Å². The summed E-state index contributed by atoms with van der Waals surface area (Å²) in [5.41, 5.74) is 1.35. The third-order valence-electron chi connectivity index (χ3n) is 2.87. The molecule has 0 fully saturated rings. The average molecular weight is 284 g/mol. The monoisotopic (exact) mass is 283 g/mol. The molecule has 1 aromatic carbocycles. The standard InChI is InChI=1S/C14H18ClNO3/c1-10-11(6-5-7-12(10)15)14(19)16-9-4-2-3-8-13(17)18/h5-7H,2-4,8-9H2,1H3,(H,16,19)(H,17,18). The fraction of sp³-hybridized carbons (Fsp3) is 0.429.